The van der Waals surface area contributed by atoms with Gasteiger partial charge in [-0.1, -0.05) is 0 Å². The molecule has 17 heavy (non-hydrogen) atoms. The zero-order valence-corrected chi connectivity index (χ0v) is 11.1. The molecule has 0 aromatic carbocycles. The monoisotopic (exact) mass is 240 g/mol. The molecule has 96 valence electrons. The average molecular weight is 240 g/mol. The van der Waals surface area contributed by atoms with Crippen molar-refractivity contribution in [1.82, 2.24) is 9.88 Å². The van der Waals surface area contributed by atoms with Crippen molar-refractivity contribution in [2.75, 3.05) is 6.54 Å². The lowest BCUT2D eigenvalue weighted by Crippen LogP contribution is -2.43. The SMILES string of the molecule is Cc1nc(CN(CC(=O)O)C(C)(C)C)oc1C. The second-order valence-electron chi connectivity index (χ2n) is 5.17. The number of carboxylic acid groups (broad SMARTS) is 1. The Kier molecular flexibility index (Phi) is 3.93. The fraction of sp³-hybridized carbons (Fsp3) is 0.667. The number of rotatable bonds is 4. The average Bonchev–Trinajstić information content (AvgIpc) is 2.42. The van der Waals surface area contributed by atoms with Crippen LogP contribution in [0.5, 0.6) is 0 Å². The quantitative estimate of drug-likeness (QED) is 0.871. The van der Waals surface area contributed by atoms with E-state index in [-0.39, 0.29) is 12.1 Å². The van der Waals surface area contributed by atoms with Gasteiger partial charge in [-0.2, -0.15) is 0 Å². The molecule has 1 aromatic heterocycles. The van der Waals surface area contributed by atoms with Crippen molar-refractivity contribution >= 4 is 5.97 Å². The van der Waals surface area contributed by atoms with Gasteiger partial charge in [0.15, 0.2) is 0 Å². The van der Waals surface area contributed by atoms with Gasteiger partial charge in [0.1, 0.15) is 5.76 Å². The Morgan fingerprint density at radius 2 is 2.00 bits per heavy atom. The molecule has 0 fully saturated rings. The number of carbonyl (C=O) groups is 1. The maximum Gasteiger partial charge on any atom is 0.317 e. The van der Waals surface area contributed by atoms with Crippen LogP contribution in [0.2, 0.25) is 0 Å². The number of nitrogens with zero attached hydrogens (tertiary/aromatic N) is 2. The molecule has 0 spiro atoms. The molecular formula is C12H20N2O3. The highest BCUT2D eigenvalue weighted by Crippen LogP contribution is 2.18. The Bertz CT molecular complexity index is 385. The van der Waals surface area contributed by atoms with Crippen LogP contribution < -0.4 is 0 Å². The van der Waals surface area contributed by atoms with E-state index in [4.69, 9.17) is 9.52 Å². The summed E-state index contributed by atoms with van der Waals surface area (Å²) in [6, 6.07) is 0. The fourth-order valence-corrected chi connectivity index (χ4v) is 1.46. The molecule has 1 aromatic rings. The van der Waals surface area contributed by atoms with Gasteiger partial charge in [-0.25, -0.2) is 4.98 Å². The lowest BCUT2D eigenvalue weighted by atomic mass is 10.1. The highest BCUT2D eigenvalue weighted by molar-refractivity contribution is 5.69. The van der Waals surface area contributed by atoms with Gasteiger partial charge in [-0.3, -0.25) is 9.69 Å². The molecule has 5 nitrogen and oxygen atoms in total. The number of aromatic nitrogens is 1. The third-order valence-corrected chi connectivity index (χ3v) is 2.67. The normalized spacial score (nSPS) is 12.1. The smallest absolute Gasteiger partial charge is 0.317 e. The molecule has 5 heteroatoms. The van der Waals surface area contributed by atoms with E-state index >= 15 is 0 Å². The van der Waals surface area contributed by atoms with Gasteiger partial charge < -0.3 is 9.52 Å². The van der Waals surface area contributed by atoms with Gasteiger partial charge in [-0.05, 0) is 34.6 Å². The van der Waals surface area contributed by atoms with Gasteiger partial charge >= 0.3 is 5.97 Å². The molecule has 0 radical (unpaired) electrons. The van der Waals surface area contributed by atoms with Crippen LogP contribution in [-0.2, 0) is 11.3 Å². The standard InChI is InChI=1S/C12H20N2O3/c1-8-9(2)17-10(13-8)6-14(7-11(15)16)12(3,4)5/h6-7H2,1-5H3,(H,15,16). The molecule has 0 unspecified atom stereocenters. The summed E-state index contributed by atoms with van der Waals surface area (Å²) in [7, 11) is 0. The summed E-state index contributed by atoms with van der Waals surface area (Å²) >= 11 is 0. The van der Waals surface area contributed by atoms with Gasteiger partial charge in [0, 0.05) is 5.54 Å². The minimum atomic E-state index is -0.847. The number of aryl methyl sites for hydroxylation is 2. The molecule has 0 atom stereocenters. The second kappa shape index (κ2) is 4.87. The Labute approximate surface area is 101 Å². The topological polar surface area (TPSA) is 66.6 Å². The summed E-state index contributed by atoms with van der Waals surface area (Å²) in [6.07, 6.45) is 0. The third-order valence-electron chi connectivity index (χ3n) is 2.67. The van der Waals surface area contributed by atoms with Crippen molar-refractivity contribution in [3.8, 4) is 0 Å². The maximum atomic E-state index is 10.8. The molecule has 0 saturated carbocycles. The molecule has 0 saturated heterocycles. The van der Waals surface area contributed by atoms with Crippen molar-refractivity contribution in [3.63, 3.8) is 0 Å². The van der Waals surface area contributed by atoms with E-state index in [1.165, 1.54) is 0 Å². The number of hydrogen-bond donors (Lipinski definition) is 1. The molecule has 1 rings (SSSR count). The Morgan fingerprint density at radius 1 is 1.41 bits per heavy atom. The first kappa shape index (κ1) is 13.7. The summed E-state index contributed by atoms with van der Waals surface area (Å²) in [6.45, 7) is 10.0. The molecule has 0 amide bonds. The van der Waals surface area contributed by atoms with Crippen LogP contribution >= 0.6 is 0 Å². The summed E-state index contributed by atoms with van der Waals surface area (Å²) in [5.41, 5.74) is 0.610. The highest BCUT2D eigenvalue weighted by atomic mass is 16.4. The number of aliphatic carboxylic acids is 1. The van der Waals surface area contributed by atoms with Crippen LogP contribution in [0.4, 0.5) is 0 Å². The van der Waals surface area contributed by atoms with E-state index in [0.717, 1.165) is 11.5 Å². The van der Waals surface area contributed by atoms with Gasteiger partial charge in [0.25, 0.3) is 0 Å². The van der Waals surface area contributed by atoms with Crippen LogP contribution in [0.25, 0.3) is 0 Å². The maximum absolute atomic E-state index is 10.8. The molecule has 0 aliphatic rings. The van der Waals surface area contributed by atoms with Crippen molar-refractivity contribution < 1.29 is 14.3 Å². The van der Waals surface area contributed by atoms with E-state index in [1.807, 2.05) is 39.5 Å². The van der Waals surface area contributed by atoms with Crippen LogP contribution in [0.3, 0.4) is 0 Å². The summed E-state index contributed by atoms with van der Waals surface area (Å²) < 4.78 is 5.48. The van der Waals surface area contributed by atoms with Crippen LogP contribution in [-0.4, -0.2) is 33.0 Å². The highest BCUT2D eigenvalue weighted by Gasteiger charge is 2.25. The lowest BCUT2D eigenvalue weighted by Gasteiger charge is -2.33. The predicted octanol–water partition coefficient (Wildman–Crippen LogP) is 1.98. The van der Waals surface area contributed by atoms with E-state index in [9.17, 15) is 4.79 Å². The molecule has 1 N–H and O–H groups in total. The first-order chi connectivity index (χ1) is 7.70. The Hall–Kier alpha value is -1.36. The van der Waals surface area contributed by atoms with Crippen LogP contribution in [0.15, 0.2) is 4.42 Å². The zero-order chi connectivity index (χ0) is 13.2. The van der Waals surface area contributed by atoms with E-state index < -0.39 is 5.97 Å². The molecule has 0 aliphatic heterocycles. The molecule has 1 heterocycles. The molecule has 0 aliphatic carbocycles. The van der Waals surface area contributed by atoms with Crippen molar-refractivity contribution in [3.05, 3.63) is 17.3 Å². The minimum absolute atomic E-state index is 0.0238. The number of carboxylic acids is 1. The second-order valence-corrected chi connectivity index (χ2v) is 5.17. The van der Waals surface area contributed by atoms with E-state index in [2.05, 4.69) is 4.98 Å². The number of hydrogen-bond acceptors (Lipinski definition) is 4. The van der Waals surface area contributed by atoms with Gasteiger partial charge in [0.05, 0.1) is 18.8 Å². The Morgan fingerprint density at radius 3 is 2.35 bits per heavy atom. The van der Waals surface area contributed by atoms with Gasteiger partial charge in [0.2, 0.25) is 5.89 Å². The predicted molar refractivity (Wildman–Crippen MR) is 63.8 cm³/mol. The Balaban J connectivity index is 2.82. The minimum Gasteiger partial charge on any atom is -0.480 e. The summed E-state index contributed by atoms with van der Waals surface area (Å²) in [4.78, 5) is 16.9. The fourth-order valence-electron chi connectivity index (χ4n) is 1.46. The van der Waals surface area contributed by atoms with Crippen LogP contribution in [0.1, 0.15) is 38.1 Å². The first-order valence-electron chi connectivity index (χ1n) is 5.60. The van der Waals surface area contributed by atoms with Crippen molar-refractivity contribution in [2.45, 2.75) is 46.7 Å². The largest absolute Gasteiger partial charge is 0.480 e. The van der Waals surface area contributed by atoms with E-state index in [1.54, 1.807) is 0 Å². The van der Waals surface area contributed by atoms with Gasteiger partial charge in [-0.15, -0.1) is 0 Å². The summed E-state index contributed by atoms with van der Waals surface area (Å²) in [5, 5.41) is 8.89. The number of oxazole rings is 1. The zero-order valence-electron chi connectivity index (χ0n) is 11.1. The third kappa shape index (κ3) is 3.85. The summed E-state index contributed by atoms with van der Waals surface area (Å²) in [5.74, 6) is 0.500. The van der Waals surface area contributed by atoms with E-state index in [0.29, 0.717) is 12.4 Å². The van der Waals surface area contributed by atoms with Crippen LogP contribution in [0, 0.1) is 13.8 Å². The molecule has 0 bridgehead atoms. The van der Waals surface area contributed by atoms with Crippen molar-refractivity contribution in [2.24, 2.45) is 0 Å². The molecular weight excluding hydrogens is 220 g/mol. The first-order valence-corrected chi connectivity index (χ1v) is 5.60. The lowest BCUT2D eigenvalue weighted by molar-refractivity contribution is -0.140. The van der Waals surface area contributed by atoms with Crippen molar-refractivity contribution in [1.29, 1.82) is 0 Å².